The largest absolute Gasteiger partial charge is 0.370 e. The zero-order chi connectivity index (χ0) is 29.7. The van der Waals surface area contributed by atoms with E-state index in [-0.39, 0.29) is 5.79 Å². The highest BCUT2D eigenvalue weighted by Gasteiger charge is 2.56. The van der Waals surface area contributed by atoms with Crippen molar-refractivity contribution in [3.63, 3.8) is 0 Å². The van der Waals surface area contributed by atoms with Crippen LogP contribution in [-0.2, 0) is 0 Å². The summed E-state index contributed by atoms with van der Waals surface area (Å²) in [6, 6.07) is 0. The number of unbranched alkanes of at least 4 members (excludes halogenated alkanes) is 12. The molecule has 6 heteroatoms. The van der Waals surface area contributed by atoms with E-state index in [1.54, 1.807) is 0 Å². The van der Waals surface area contributed by atoms with Gasteiger partial charge < -0.3 is 10.6 Å². The number of nitrogens with one attached hydrogen (secondary N) is 1. The summed E-state index contributed by atoms with van der Waals surface area (Å²) in [6.45, 7) is 18.0. The van der Waals surface area contributed by atoms with Crippen LogP contribution in [0.3, 0.4) is 0 Å². The summed E-state index contributed by atoms with van der Waals surface area (Å²) in [7, 11) is 2.40. The molecule has 1 rings (SSSR count). The Hall–Kier alpha value is -0.850. The summed E-state index contributed by atoms with van der Waals surface area (Å²) in [6.07, 6.45) is 24.3. The van der Waals surface area contributed by atoms with Gasteiger partial charge in [0.1, 0.15) is 0 Å². The lowest BCUT2D eigenvalue weighted by Gasteiger charge is -2.63. The molecule has 1 aliphatic heterocycles. The molecule has 0 aromatic heterocycles. The third-order valence-electron chi connectivity index (χ3n) is 9.00. The number of hydrogen-bond donors (Lipinski definition) is 2. The van der Waals surface area contributed by atoms with Gasteiger partial charge in [0.15, 0.2) is 17.5 Å². The third kappa shape index (κ3) is 11.1. The zero-order valence-corrected chi connectivity index (χ0v) is 28.3. The van der Waals surface area contributed by atoms with E-state index in [1.807, 2.05) is 0 Å². The fourth-order valence-electron chi connectivity index (χ4n) is 6.60. The molecule has 0 aromatic carbocycles. The second-order valence-electron chi connectivity index (χ2n) is 12.5. The molecule has 0 aromatic rings. The molecule has 0 radical (unpaired) electrons. The van der Waals surface area contributed by atoms with Gasteiger partial charge in [0, 0.05) is 26.1 Å². The molecule has 0 saturated carbocycles. The number of nitrogens with zero attached hydrogens (tertiary/aromatic N) is 4. The minimum absolute atomic E-state index is 0.250. The van der Waals surface area contributed by atoms with Gasteiger partial charge in [-0.15, -0.1) is 0 Å². The van der Waals surface area contributed by atoms with E-state index >= 15 is 0 Å². The summed E-state index contributed by atoms with van der Waals surface area (Å²) in [5.74, 6) is 0.0779. The summed E-state index contributed by atoms with van der Waals surface area (Å²) in [4.78, 5) is 13.6. The van der Waals surface area contributed by atoms with Crippen LogP contribution in [0.2, 0.25) is 0 Å². The molecule has 0 amide bonds. The van der Waals surface area contributed by atoms with Gasteiger partial charge in [-0.1, -0.05) is 119 Å². The molecule has 40 heavy (non-hydrogen) atoms. The fourth-order valence-corrected chi connectivity index (χ4v) is 6.60. The molecule has 0 spiro atoms. The molecule has 3 N–H and O–H groups in total. The Bertz CT molecular complexity index is 640. The Balaban J connectivity index is 3.79. The van der Waals surface area contributed by atoms with E-state index in [0.717, 1.165) is 45.0 Å². The first-order valence-electron chi connectivity index (χ1n) is 17.8. The van der Waals surface area contributed by atoms with Crippen LogP contribution in [0.1, 0.15) is 170 Å². The van der Waals surface area contributed by atoms with Crippen molar-refractivity contribution >= 4 is 5.96 Å². The van der Waals surface area contributed by atoms with Crippen LogP contribution in [-0.4, -0.2) is 65.5 Å². The monoisotopic (exact) mass is 565 g/mol. The summed E-state index contributed by atoms with van der Waals surface area (Å²) >= 11 is 0. The first-order chi connectivity index (χ1) is 19.4. The number of nitrogens with two attached hydrogens (primary N) is 1. The van der Waals surface area contributed by atoms with Crippen LogP contribution < -0.4 is 11.1 Å². The van der Waals surface area contributed by atoms with Crippen molar-refractivity contribution in [1.29, 1.82) is 0 Å². The van der Waals surface area contributed by atoms with Gasteiger partial charge >= 0.3 is 0 Å². The van der Waals surface area contributed by atoms with Gasteiger partial charge in [0.2, 0.25) is 0 Å². The van der Waals surface area contributed by atoms with E-state index < -0.39 is 5.79 Å². The Kier molecular flexibility index (Phi) is 20.3. The van der Waals surface area contributed by atoms with Gasteiger partial charge in [-0.2, -0.15) is 0 Å². The van der Waals surface area contributed by atoms with Gasteiger partial charge in [-0.3, -0.25) is 10.2 Å². The van der Waals surface area contributed by atoms with Crippen LogP contribution in [0.15, 0.2) is 4.99 Å². The Morgan fingerprint density at radius 1 is 0.650 bits per heavy atom. The maximum Gasteiger partial charge on any atom is 0.196 e. The van der Waals surface area contributed by atoms with Crippen LogP contribution in [0.4, 0.5) is 0 Å². The van der Waals surface area contributed by atoms with E-state index in [4.69, 9.17) is 10.7 Å². The first-order valence-corrected chi connectivity index (χ1v) is 17.8. The van der Waals surface area contributed by atoms with Crippen molar-refractivity contribution in [2.75, 3.05) is 33.2 Å². The first kappa shape index (κ1) is 37.2. The van der Waals surface area contributed by atoms with Gasteiger partial charge in [0.05, 0.1) is 0 Å². The smallest absolute Gasteiger partial charge is 0.196 e. The third-order valence-corrected chi connectivity index (χ3v) is 9.00. The van der Waals surface area contributed by atoms with Gasteiger partial charge in [-0.25, -0.2) is 9.89 Å². The highest BCUT2D eigenvalue weighted by atomic mass is 15.7. The van der Waals surface area contributed by atoms with E-state index in [1.165, 1.54) is 116 Å². The van der Waals surface area contributed by atoms with Crippen molar-refractivity contribution in [1.82, 2.24) is 20.0 Å². The number of rotatable bonds is 26. The van der Waals surface area contributed by atoms with Crippen molar-refractivity contribution in [3.8, 4) is 0 Å². The SMILES string of the molecule is CCCCCNC1(CCCCC)N=C(N)N(CCCCC)C(CCCCC)(N(C)CCCCC)N1CCCCC. The van der Waals surface area contributed by atoms with Gasteiger partial charge in [0.25, 0.3) is 0 Å². The standard InChI is InChI=1S/C34H72N6/c1-8-14-20-26-33(36-28-22-16-10-3)37-32(35)39(30-24-18-12-5)34(27-21-15-9-2,38(7)29-23-17-11-4)40(33)31-25-19-13-6/h36H,8-31H2,1-7H3,(H2,35,37). The van der Waals surface area contributed by atoms with Crippen LogP contribution >= 0.6 is 0 Å². The number of guanidine groups is 1. The molecule has 2 atom stereocenters. The molecule has 6 nitrogen and oxygen atoms in total. The number of aliphatic imine (C=N–C) groups is 1. The Morgan fingerprint density at radius 3 is 1.75 bits per heavy atom. The summed E-state index contributed by atoms with van der Waals surface area (Å²) in [5, 5.41) is 4.10. The van der Waals surface area contributed by atoms with E-state index in [0.29, 0.717) is 0 Å². The quantitative estimate of drug-likeness (QED) is 0.103. The molecular weight excluding hydrogens is 492 g/mol. The topological polar surface area (TPSA) is 60.1 Å². The minimum Gasteiger partial charge on any atom is -0.370 e. The Morgan fingerprint density at radius 2 is 1.15 bits per heavy atom. The van der Waals surface area contributed by atoms with Gasteiger partial charge in [-0.05, 0) is 58.5 Å². The van der Waals surface area contributed by atoms with Crippen LogP contribution in [0.25, 0.3) is 0 Å². The molecule has 0 fully saturated rings. The predicted octanol–water partition coefficient (Wildman–Crippen LogP) is 8.67. The molecule has 0 bridgehead atoms. The van der Waals surface area contributed by atoms with Crippen LogP contribution in [0.5, 0.6) is 0 Å². The summed E-state index contributed by atoms with van der Waals surface area (Å²) < 4.78 is 0. The highest BCUT2D eigenvalue weighted by Crippen LogP contribution is 2.42. The highest BCUT2D eigenvalue weighted by molar-refractivity contribution is 5.80. The average Bonchev–Trinajstić information content (AvgIpc) is 2.94. The molecule has 1 heterocycles. The molecule has 238 valence electrons. The zero-order valence-electron chi connectivity index (χ0n) is 28.3. The fraction of sp³-hybridized carbons (Fsp3) is 0.971. The number of hydrogen-bond acceptors (Lipinski definition) is 6. The van der Waals surface area contributed by atoms with Crippen molar-refractivity contribution in [2.45, 2.75) is 182 Å². The molecule has 2 unspecified atom stereocenters. The molecule has 1 aliphatic rings. The van der Waals surface area contributed by atoms with E-state index in [9.17, 15) is 0 Å². The van der Waals surface area contributed by atoms with Crippen molar-refractivity contribution < 1.29 is 0 Å². The second kappa shape index (κ2) is 21.8. The molecule has 0 aliphatic carbocycles. The molecule has 0 saturated heterocycles. The average molecular weight is 565 g/mol. The van der Waals surface area contributed by atoms with E-state index in [2.05, 4.69) is 68.6 Å². The lowest BCUT2D eigenvalue weighted by Crippen LogP contribution is -2.81. The summed E-state index contributed by atoms with van der Waals surface area (Å²) in [5.41, 5.74) is 7.14. The van der Waals surface area contributed by atoms with Crippen LogP contribution in [0, 0.1) is 0 Å². The van der Waals surface area contributed by atoms with Crippen molar-refractivity contribution in [2.24, 2.45) is 10.7 Å². The second-order valence-corrected chi connectivity index (χ2v) is 12.5. The lowest BCUT2D eigenvalue weighted by atomic mass is 9.95. The lowest BCUT2D eigenvalue weighted by molar-refractivity contribution is -0.204. The molecular formula is C34H72N6. The normalized spacial score (nSPS) is 21.9. The maximum atomic E-state index is 7.14. The predicted molar refractivity (Wildman–Crippen MR) is 178 cm³/mol. The Labute approximate surface area is 251 Å². The minimum atomic E-state index is -0.437. The maximum absolute atomic E-state index is 7.14. The van der Waals surface area contributed by atoms with Crippen molar-refractivity contribution in [3.05, 3.63) is 0 Å².